The first-order chi connectivity index (χ1) is 9.24. The van der Waals surface area contributed by atoms with Gasteiger partial charge in [0, 0.05) is 6.42 Å². The summed E-state index contributed by atoms with van der Waals surface area (Å²) < 4.78 is 5.95. The van der Waals surface area contributed by atoms with Crippen LogP contribution in [0.1, 0.15) is 31.2 Å². The van der Waals surface area contributed by atoms with Crippen LogP contribution < -0.4 is 4.74 Å². The van der Waals surface area contributed by atoms with Crippen LogP contribution in [0, 0.1) is 0 Å². The third-order valence-electron chi connectivity index (χ3n) is 3.25. The number of thioether (sulfide) groups is 1. The van der Waals surface area contributed by atoms with Gasteiger partial charge in [0.05, 0.1) is 0 Å². The molecular weight excluding hydrogens is 260 g/mol. The van der Waals surface area contributed by atoms with E-state index < -0.39 is 5.97 Å². The lowest BCUT2D eigenvalue weighted by Crippen LogP contribution is -2.21. The van der Waals surface area contributed by atoms with E-state index in [-0.39, 0.29) is 6.42 Å². The number of aryl methyl sites for hydroxylation is 1. The zero-order valence-corrected chi connectivity index (χ0v) is 11.8. The Bertz CT molecular complexity index is 396. The van der Waals surface area contributed by atoms with Gasteiger partial charge in [-0.05, 0) is 54.9 Å². The van der Waals surface area contributed by atoms with E-state index in [1.807, 2.05) is 36.0 Å². The molecular formula is C15H20O3S. The zero-order chi connectivity index (χ0) is 13.5. The SMILES string of the molecule is O=C(O)CCCc1ccc(OC2CCSCC2)cc1. The standard InChI is InChI=1S/C15H20O3S/c16-15(17)3-1-2-12-4-6-13(7-5-12)18-14-8-10-19-11-9-14/h4-7,14H,1-3,8-11H2,(H,16,17). The van der Waals surface area contributed by atoms with E-state index in [0.717, 1.165) is 25.0 Å². The third kappa shape index (κ3) is 5.15. The highest BCUT2D eigenvalue weighted by Gasteiger charge is 2.14. The molecule has 1 heterocycles. The predicted octanol–water partition coefficient (Wildman–Crippen LogP) is 3.37. The van der Waals surface area contributed by atoms with E-state index in [0.29, 0.717) is 12.5 Å². The number of rotatable bonds is 6. The van der Waals surface area contributed by atoms with Gasteiger partial charge in [-0.2, -0.15) is 11.8 Å². The molecule has 1 N–H and O–H groups in total. The van der Waals surface area contributed by atoms with Crippen LogP contribution in [-0.4, -0.2) is 28.7 Å². The molecule has 0 amide bonds. The second-order valence-corrected chi connectivity index (χ2v) is 6.05. The van der Waals surface area contributed by atoms with Crippen LogP contribution in [0.2, 0.25) is 0 Å². The molecule has 19 heavy (non-hydrogen) atoms. The van der Waals surface area contributed by atoms with Crippen molar-refractivity contribution in [3.8, 4) is 5.75 Å². The molecule has 0 spiro atoms. The van der Waals surface area contributed by atoms with Crippen molar-refractivity contribution in [2.45, 2.75) is 38.2 Å². The molecule has 0 bridgehead atoms. The van der Waals surface area contributed by atoms with Crippen LogP contribution in [0.25, 0.3) is 0 Å². The first kappa shape index (κ1) is 14.3. The highest BCUT2D eigenvalue weighted by Crippen LogP contribution is 2.23. The molecule has 0 unspecified atom stereocenters. The average Bonchev–Trinajstić information content (AvgIpc) is 2.42. The lowest BCUT2D eigenvalue weighted by molar-refractivity contribution is -0.137. The van der Waals surface area contributed by atoms with Crippen LogP contribution in [0.4, 0.5) is 0 Å². The lowest BCUT2D eigenvalue weighted by Gasteiger charge is -2.22. The van der Waals surface area contributed by atoms with Crippen LogP contribution in [-0.2, 0) is 11.2 Å². The van der Waals surface area contributed by atoms with Gasteiger partial charge in [-0.15, -0.1) is 0 Å². The van der Waals surface area contributed by atoms with E-state index >= 15 is 0 Å². The maximum absolute atomic E-state index is 10.4. The minimum atomic E-state index is -0.727. The van der Waals surface area contributed by atoms with Crippen molar-refractivity contribution in [2.75, 3.05) is 11.5 Å². The zero-order valence-electron chi connectivity index (χ0n) is 11.0. The van der Waals surface area contributed by atoms with Gasteiger partial charge in [0.25, 0.3) is 0 Å². The molecule has 1 fully saturated rings. The van der Waals surface area contributed by atoms with E-state index in [9.17, 15) is 4.79 Å². The summed E-state index contributed by atoms with van der Waals surface area (Å²) in [5, 5.41) is 8.60. The Labute approximate surface area is 118 Å². The van der Waals surface area contributed by atoms with E-state index in [1.165, 1.54) is 17.1 Å². The minimum absolute atomic E-state index is 0.234. The molecule has 0 radical (unpaired) electrons. The first-order valence-electron chi connectivity index (χ1n) is 6.79. The molecule has 104 valence electrons. The van der Waals surface area contributed by atoms with E-state index in [2.05, 4.69) is 0 Å². The van der Waals surface area contributed by atoms with Crippen molar-refractivity contribution < 1.29 is 14.6 Å². The first-order valence-corrected chi connectivity index (χ1v) is 7.94. The minimum Gasteiger partial charge on any atom is -0.490 e. The maximum atomic E-state index is 10.4. The maximum Gasteiger partial charge on any atom is 0.303 e. The number of ether oxygens (including phenoxy) is 1. The highest BCUT2D eigenvalue weighted by atomic mass is 32.2. The Hall–Kier alpha value is -1.16. The Morgan fingerprint density at radius 1 is 1.26 bits per heavy atom. The van der Waals surface area contributed by atoms with Gasteiger partial charge in [-0.1, -0.05) is 12.1 Å². The molecule has 0 saturated carbocycles. The van der Waals surface area contributed by atoms with Crippen molar-refractivity contribution >= 4 is 17.7 Å². The second-order valence-electron chi connectivity index (χ2n) is 4.82. The molecule has 1 aliphatic rings. The Morgan fingerprint density at radius 3 is 2.58 bits per heavy atom. The molecule has 0 aromatic heterocycles. The van der Waals surface area contributed by atoms with Crippen molar-refractivity contribution in [1.29, 1.82) is 0 Å². The van der Waals surface area contributed by atoms with Gasteiger partial charge in [0.2, 0.25) is 0 Å². The summed E-state index contributed by atoms with van der Waals surface area (Å²) in [6.07, 6.45) is 4.36. The molecule has 2 rings (SSSR count). The smallest absolute Gasteiger partial charge is 0.303 e. The molecule has 3 nitrogen and oxygen atoms in total. The average molecular weight is 280 g/mol. The van der Waals surface area contributed by atoms with E-state index in [1.54, 1.807) is 0 Å². The number of carbonyl (C=O) groups is 1. The van der Waals surface area contributed by atoms with Crippen molar-refractivity contribution in [1.82, 2.24) is 0 Å². The fraction of sp³-hybridized carbons (Fsp3) is 0.533. The lowest BCUT2D eigenvalue weighted by atomic mass is 10.1. The summed E-state index contributed by atoms with van der Waals surface area (Å²) in [5.41, 5.74) is 1.17. The predicted molar refractivity (Wildman–Crippen MR) is 78.0 cm³/mol. The fourth-order valence-electron chi connectivity index (χ4n) is 2.16. The second kappa shape index (κ2) is 7.43. The summed E-state index contributed by atoms with van der Waals surface area (Å²) in [6.45, 7) is 0. The molecule has 1 saturated heterocycles. The van der Waals surface area contributed by atoms with Crippen LogP contribution >= 0.6 is 11.8 Å². The van der Waals surface area contributed by atoms with Gasteiger partial charge in [0.1, 0.15) is 11.9 Å². The molecule has 1 aromatic carbocycles. The van der Waals surface area contributed by atoms with Crippen LogP contribution in [0.15, 0.2) is 24.3 Å². The summed E-state index contributed by atoms with van der Waals surface area (Å²) in [5.74, 6) is 2.59. The molecule has 0 aliphatic carbocycles. The van der Waals surface area contributed by atoms with Gasteiger partial charge < -0.3 is 9.84 Å². The van der Waals surface area contributed by atoms with Crippen molar-refractivity contribution in [3.63, 3.8) is 0 Å². The third-order valence-corrected chi connectivity index (χ3v) is 4.30. The largest absolute Gasteiger partial charge is 0.490 e. The Morgan fingerprint density at radius 2 is 1.95 bits per heavy atom. The Balaban J connectivity index is 1.78. The summed E-state index contributed by atoms with van der Waals surface area (Å²) in [7, 11) is 0. The highest BCUT2D eigenvalue weighted by molar-refractivity contribution is 7.99. The molecule has 1 aliphatic heterocycles. The molecule has 4 heteroatoms. The van der Waals surface area contributed by atoms with Crippen LogP contribution in [0.3, 0.4) is 0 Å². The number of benzene rings is 1. The van der Waals surface area contributed by atoms with Gasteiger partial charge in [0.15, 0.2) is 0 Å². The van der Waals surface area contributed by atoms with Gasteiger partial charge in [-0.25, -0.2) is 0 Å². The van der Waals surface area contributed by atoms with Gasteiger partial charge in [-0.3, -0.25) is 4.79 Å². The normalized spacial score (nSPS) is 16.2. The fourth-order valence-corrected chi connectivity index (χ4v) is 3.23. The van der Waals surface area contributed by atoms with E-state index in [4.69, 9.17) is 9.84 Å². The number of aliphatic carboxylic acids is 1. The van der Waals surface area contributed by atoms with Crippen molar-refractivity contribution in [2.24, 2.45) is 0 Å². The topological polar surface area (TPSA) is 46.5 Å². The van der Waals surface area contributed by atoms with Crippen LogP contribution in [0.5, 0.6) is 5.75 Å². The molecule has 1 aromatic rings. The summed E-state index contributed by atoms with van der Waals surface area (Å²) in [6, 6.07) is 8.07. The monoisotopic (exact) mass is 280 g/mol. The summed E-state index contributed by atoms with van der Waals surface area (Å²) >= 11 is 2.00. The summed E-state index contributed by atoms with van der Waals surface area (Å²) in [4.78, 5) is 10.4. The molecule has 0 atom stereocenters. The number of carboxylic acids is 1. The number of carboxylic acid groups (broad SMARTS) is 1. The Kier molecular flexibility index (Phi) is 5.58. The number of hydrogen-bond acceptors (Lipinski definition) is 3. The van der Waals surface area contributed by atoms with Crippen molar-refractivity contribution in [3.05, 3.63) is 29.8 Å². The van der Waals surface area contributed by atoms with Gasteiger partial charge >= 0.3 is 5.97 Å². The number of hydrogen-bond donors (Lipinski definition) is 1. The quantitative estimate of drug-likeness (QED) is 0.868.